The summed E-state index contributed by atoms with van der Waals surface area (Å²) in [4.78, 5) is 11.4. The summed E-state index contributed by atoms with van der Waals surface area (Å²) in [6, 6.07) is 9.87. The highest BCUT2D eigenvalue weighted by Gasteiger charge is 2.06. The molecule has 0 saturated heterocycles. The first-order chi connectivity index (χ1) is 9.11. The molecule has 0 amide bonds. The summed E-state index contributed by atoms with van der Waals surface area (Å²) >= 11 is 0. The van der Waals surface area contributed by atoms with Crippen molar-refractivity contribution in [1.29, 1.82) is 0 Å². The van der Waals surface area contributed by atoms with E-state index in [2.05, 4.69) is 5.32 Å². The minimum Gasteiger partial charge on any atom is -0.463 e. The fourth-order valence-electron chi connectivity index (χ4n) is 1.64. The number of hydrogen-bond acceptors (Lipinski definition) is 4. The highest BCUT2D eigenvalue weighted by molar-refractivity contribution is 5.82. The van der Waals surface area contributed by atoms with Gasteiger partial charge in [0.2, 0.25) is 0 Å². The minimum atomic E-state index is -0.510. The first-order valence-corrected chi connectivity index (χ1v) is 6.45. The van der Waals surface area contributed by atoms with Crippen molar-refractivity contribution in [3.63, 3.8) is 0 Å². The first-order valence-electron chi connectivity index (χ1n) is 6.45. The van der Waals surface area contributed by atoms with E-state index in [0.717, 1.165) is 5.56 Å². The molecule has 1 aromatic carbocycles. The Balaban J connectivity index is 2.61. The molecule has 1 unspecified atom stereocenters. The summed E-state index contributed by atoms with van der Waals surface area (Å²) in [6.45, 7) is 4.40. The van der Waals surface area contributed by atoms with Crippen molar-refractivity contribution in [1.82, 2.24) is 5.32 Å². The highest BCUT2D eigenvalue weighted by Crippen LogP contribution is 2.05. The highest BCUT2D eigenvalue weighted by atomic mass is 16.5. The van der Waals surface area contributed by atoms with Gasteiger partial charge in [-0.2, -0.15) is 0 Å². The van der Waals surface area contributed by atoms with Crippen LogP contribution in [-0.4, -0.2) is 23.8 Å². The van der Waals surface area contributed by atoms with Crippen LogP contribution in [0.4, 0.5) is 0 Å². The van der Waals surface area contributed by atoms with Crippen LogP contribution in [0.3, 0.4) is 0 Å². The van der Waals surface area contributed by atoms with Crippen molar-refractivity contribution in [2.45, 2.75) is 32.9 Å². The predicted octanol–water partition coefficient (Wildman–Crippen LogP) is 1.99. The summed E-state index contributed by atoms with van der Waals surface area (Å²) in [5.74, 6) is -0.390. The molecule has 1 aromatic rings. The van der Waals surface area contributed by atoms with Gasteiger partial charge in [-0.25, -0.2) is 4.79 Å². The van der Waals surface area contributed by atoms with Crippen molar-refractivity contribution in [3.8, 4) is 0 Å². The Morgan fingerprint density at radius 1 is 1.42 bits per heavy atom. The second-order valence-electron chi connectivity index (χ2n) is 4.31. The molecule has 0 heterocycles. The maximum atomic E-state index is 11.4. The minimum absolute atomic E-state index is 0.343. The van der Waals surface area contributed by atoms with Crippen LogP contribution >= 0.6 is 0 Å². The number of hydrogen-bond donors (Lipinski definition) is 2. The third kappa shape index (κ3) is 6.62. The Hall–Kier alpha value is -1.81. The molecule has 0 saturated carbocycles. The Bertz CT molecular complexity index is 413. The van der Waals surface area contributed by atoms with E-state index < -0.39 is 12.1 Å². The molecule has 0 spiro atoms. The number of benzene rings is 1. The molecular weight excluding hydrogens is 242 g/mol. The monoisotopic (exact) mass is 263 g/mol. The van der Waals surface area contributed by atoms with E-state index in [1.807, 2.05) is 30.3 Å². The van der Waals surface area contributed by atoms with Crippen LogP contribution in [0.15, 0.2) is 42.1 Å². The maximum absolute atomic E-state index is 11.4. The average molecular weight is 263 g/mol. The molecular formula is C15H21NO3. The van der Waals surface area contributed by atoms with Gasteiger partial charge in [-0.1, -0.05) is 30.3 Å². The molecule has 0 radical (unpaired) electrons. The normalized spacial score (nSPS) is 12.9. The number of esters is 1. The molecule has 0 aliphatic heterocycles. The van der Waals surface area contributed by atoms with Crippen LogP contribution in [0.5, 0.6) is 0 Å². The summed E-state index contributed by atoms with van der Waals surface area (Å²) in [5.41, 5.74) is 1.79. The predicted molar refractivity (Wildman–Crippen MR) is 74.3 cm³/mol. The van der Waals surface area contributed by atoms with Crippen molar-refractivity contribution < 1.29 is 14.6 Å². The Morgan fingerprint density at radius 2 is 2.11 bits per heavy atom. The standard InChI is InChI=1S/C15H21NO3/c1-3-19-15(18)10-14(9-12(2)17)16-11-13-7-5-4-6-8-13/h4-8,10,12,16-17H,3,9,11H2,1-2H3. The SMILES string of the molecule is CCOC(=O)C=C(CC(C)O)NCc1ccccc1. The van der Waals surface area contributed by atoms with Crippen molar-refractivity contribution >= 4 is 5.97 Å². The number of ether oxygens (including phenoxy) is 1. The molecule has 1 rings (SSSR count). The molecule has 0 aromatic heterocycles. The molecule has 0 aliphatic carbocycles. The Labute approximate surface area is 114 Å². The van der Waals surface area contributed by atoms with Crippen molar-refractivity contribution in [2.75, 3.05) is 6.61 Å². The van der Waals surface area contributed by atoms with Gasteiger partial charge in [0.25, 0.3) is 0 Å². The zero-order valence-corrected chi connectivity index (χ0v) is 11.4. The van der Waals surface area contributed by atoms with E-state index in [0.29, 0.717) is 25.3 Å². The van der Waals surface area contributed by atoms with Gasteiger partial charge in [0, 0.05) is 24.7 Å². The Morgan fingerprint density at radius 3 is 2.68 bits per heavy atom. The van der Waals surface area contributed by atoms with Crippen LogP contribution in [0, 0.1) is 0 Å². The fourth-order valence-corrected chi connectivity index (χ4v) is 1.64. The van der Waals surface area contributed by atoms with Gasteiger partial charge in [-0.15, -0.1) is 0 Å². The van der Waals surface area contributed by atoms with Crippen LogP contribution in [0.2, 0.25) is 0 Å². The van der Waals surface area contributed by atoms with E-state index in [1.165, 1.54) is 6.08 Å². The number of aliphatic hydroxyl groups is 1. The number of nitrogens with one attached hydrogen (secondary N) is 1. The molecule has 4 nitrogen and oxygen atoms in total. The number of rotatable bonds is 7. The first kappa shape index (κ1) is 15.2. The topological polar surface area (TPSA) is 58.6 Å². The summed E-state index contributed by atoms with van der Waals surface area (Å²) in [5, 5.41) is 12.6. The molecule has 0 aliphatic rings. The quantitative estimate of drug-likeness (QED) is 0.583. The van der Waals surface area contributed by atoms with Crippen LogP contribution < -0.4 is 5.32 Å². The van der Waals surface area contributed by atoms with E-state index in [9.17, 15) is 9.90 Å². The second kappa shape index (κ2) is 8.32. The second-order valence-corrected chi connectivity index (χ2v) is 4.31. The average Bonchev–Trinajstić information content (AvgIpc) is 2.37. The van der Waals surface area contributed by atoms with Gasteiger partial charge in [0.1, 0.15) is 0 Å². The van der Waals surface area contributed by atoms with Gasteiger partial charge >= 0.3 is 5.97 Å². The van der Waals surface area contributed by atoms with Crippen LogP contribution in [0.1, 0.15) is 25.8 Å². The van der Waals surface area contributed by atoms with E-state index in [1.54, 1.807) is 13.8 Å². The molecule has 0 bridgehead atoms. The lowest BCUT2D eigenvalue weighted by Crippen LogP contribution is -2.18. The third-order valence-electron chi connectivity index (χ3n) is 2.46. The lowest BCUT2D eigenvalue weighted by Gasteiger charge is -2.12. The van der Waals surface area contributed by atoms with Crippen LogP contribution in [0.25, 0.3) is 0 Å². The molecule has 2 N–H and O–H groups in total. The van der Waals surface area contributed by atoms with Gasteiger partial charge in [-0.3, -0.25) is 0 Å². The van der Waals surface area contributed by atoms with E-state index >= 15 is 0 Å². The van der Waals surface area contributed by atoms with Gasteiger partial charge in [0.05, 0.1) is 12.7 Å². The third-order valence-corrected chi connectivity index (χ3v) is 2.46. The summed E-state index contributed by atoms with van der Waals surface area (Å²) in [7, 11) is 0. The smallest absolute Gasteiger partial charge is 0.332 e. The lowest BCUT2D eigenvalue weighted by molar-refractivity contribution is -0.137. The molecule has 1 atom stereocenters. The number of aliphatic hydroxyl groups excluding tert-OH is 1. The van der Waals surface area contributed by atoms with Gasteiger partial charge in [0.15, 0.2) is 0 Å². The van der Waals surface area contributed by atoms with Crippen molar-refractivity contribution in [3.05, 3.63) is 47.7 Å². The Kier molecular flexibility index (Phi) is 6.68. The fraction of sp³-hybridized carbons (Fsp3) is 0.400. The number of carbonyl (C=O) groups excluding carboxylic acids is 1. The van der Waals surface area contributed by atoms with Gasteiger partial charge < -0.3 is 15.2 Å². The summed E-state index contributed by atoms with van der Waals surface area (Å²) < 4.78 is 4.87. The molecule has 0 fully saturated rings. The molecule has 19 heavy (non-hydrogen) atoms. The molecule has 104 valence electrons. The summed E-state index contributed by atoms with van der Waals surface area (Å²) in [6.07, 6.45) is 1.29. The maximum Gasteiger partial charge on any atom is 0.332 e. The van der Waals surface area contributed by atoms with Gasteiger partial charge in [-0.05, 0) is 19.4 Å². The lowest BCUT2D eigenvalue weighted by atomic mass is 10.2. The van der Waals surface area contributed by atoms with E-state index in [-0.39, 0.29) is 0 Å². The zero-order chi connectivity index (χ0) is 14.1. The van der Waals surface area contributed by atoms with E-state index in [4.69, 9.17) is 4.74 Å². The number of carbonyl (C=O) groups is 1. The zero-order valence-electron chi connectivity index (χ0n) is 11.4. The molecule has 4 heteroatoms. The largest absolute Gasteiger partial charge is 0.463 e. The van der Waals surface area contributed by atoms with Crippen molar-refractivity contribution in [2.24, 2.45) is 0 Å². The van der Waals surface area contributed by atoms with Crippen LogP contribution in [-0.2, 0) is 16.1 Å².